The van der Waals surface area contributed by atoms with Crippen LogP contribution in [0.15, 0.2) is 67.4 Å². The number of carbonyl (C=O) groups is 1. The van der Waals surface area contributed by atoms with Crippen LogP contribution in [0.4, 0.5) is 4.39 Å². The maximum Gasteiger partial charge on any atom is 0.251 e. The van der Waals surface area contributed by atoms with Gasteiger partial charge in [0.05, 0.1) is 17.6 Å². The van der Waals surface area contributed by atoms with Crippen LogP contribution < -0.4 is 10.8 Å². The third kappa shape index (κ3) is 9.18. The summed E-state index contributed by atoms with van der Waals surface area (Å²) in [7, 11) is 0. The summed E-state index contributed by atoms with van der Waals surface area (Å²) in [5.74, 6) is 0.222. The smallest absolute Gasteiger partial charge is 0.251 e. The minimum Gasteiger partial charge on any atom is -0.348 e. The van der Waals surface area contributed by atoms with E-state index < -0.39 is 0 Å². The van der Waals surface area contributed by atoms with E-state index >= 15 is 0 Å². The van der Waals surface area contributed by atoms with Gasteiger partial charge in [0.1, 0.15) is 5.82 Å². The number of nitrogens with zero attached hydrogens (tertiary/aromatic N) is 2. The van der Waals surface area contributed by atoms with Crippen LogP contribution in [0, 0.1) is 5.82 Å². The van der Waals surface area contributed by atoms with Crippen molar-refractivity contribution in [1.82, 2.24) is 20.6 Å². The Hall–Kier alpha value is -3.20. The van der Waals surface area contributed by atoms with E-state index in [0.717, 1.165) is 16.9 Å². The zero-order valence-corrected chi connectivity index (χ0v) is 24.6. The fourth-order valence-corrected chi connectivity index (χ4v) is 5.00. The normalized spacial score (nSPS) is 13.8. The Labute approximate surface area is 242 Å². The van der Waals surface area contributed by atoms with Gasteiger partial charge in [0.2, 0.25) is 0 Å². The van der Waals surface area contributed by atoms with Crippen molar-refractivity contribution in [3.8, 4) is 5.69 Å². The Balaban J connectivity index is 0.00000141. The second-order valence-corrected chi connectivity index (χ2v) is 10.4. The van der Waals surface area contributed by atoms with Crippen molar-refractivity contribution in [1.29, 1.82) is 0 Å². The molecule has 0 bridgehead atoms. The molecular weight excluding hydrogens is 523 g/mol. The van der Waals surface area contributed by atoms with Crippen molar-refractivity contribution in [2.24, 2.45) is 0 Å². The zero-order chi connectivity index (χ0) is 28.7. The molecular formula is C32H41FN4O2S. The molecule has 8 heteroatoms. The summed E-state index contributed by atoms with van der Waals surface area (Å²) in [6, 6.07) is 14.6. The number of carbonyl (C=O) groups excluding carboxylic acids is 1. The van der Waals surface area contributed by atoms with E-state index in [1.165, 1.54) is 62.7 Å². The second-order valence-electron chi connectivity index (χ2n) is 9.74. The molecule has 0 radical (unpaired) electrons. The van der Waals surface area contributed by atoms with Crippen LogP contribution in [0.2, 0.25) is 0 Å². The molecule has 40 heavy (non-hydrogen) atoms. The number of rotatable bonds is 11. The lowest BCUT2D eigenvalue weighted by Crippen LogP contribution is -2.29. The van der Waals surface area contributed by atoms with Gasteiger partial charge in [-0.25, -0.2) is 13.4 Å². The molecule has 2 aromatic carbocycles. The van der Waals surface area contributed by atoms with Crippen molar-refractivity contribution < 1.29 is 13.5 Å². The van der Waals surface area contributed by atoms with Crippen molar-refractivity contribution in [2.75, 3.05) is 0 Å². The summed E-state index contributed by atoms with van der Waals surface area (Å²) in [5.41, 5.74) is 7.84. The molecule has 1 aromatic heterocycles. The van der Waals surface area contributed by atoms with Crippen LogP contribution in [0.3, 0.4) is 0 Å². The van der Waals surface area contributed by atoms with Crippen LogP contribution in [0.25, 0.3) is 17.3 Å². The summed E-state index contributed by atoms with van der Waals surface area (Å²) >= 11 is 1.41. The summed E-state index contributed by atoms with van der Waals surface area (Å²) in [6.07, 6.45) is 12.5. The van der Waals surface area contributed by atoms with Gasteiger partial charge in [-0.05, 0) is 61.2 Å². The first-order chi connectivity index (χ1) is 19.5. The third-order valence-corrected chi connectivity index (χ3v) is 7.14. The molecule has 0 aliphatic heterocycles. The topological polar surface area (TPSA) is 68.2 Å². The Bertz CT molecular complexity index is 1230. The fraction of sp³-hybridized carbons (Fsp3) is 0.375. The van der Waals surface area contributed by atoms with Crippen LogP contribution in [-0.2, 0) is 21.4 Å². The Morgan fingerprint density at radius 1 is 1.10 bits per heavy atom. The second kappa shape index (κ2) is 16.8. The van der Waals surface area contributed by atoms with Crippen molar-refractivity contribution in [2.45, 2.75) is 77.6 Å². The predicted molar refractivity (Wildman–Crippen MR) is 164 cm³/mol. The molecule has 2 N–H and O–H groups in total. The van der Waals surface area contributed by atoms with E-state index in [-0.39, 0.29) is 11.7 Å². The highest BCUT2D eigenvalue weighted by Gasteiger charge is 2.18. The maximum atomic E-state index is 13.3. The highest BCUT2D eigenvalue weighted by molar-refractivity contribution is 7.93. The van der Waals surface area contributed by atoms with Gasteiger partial charge in [0, 0.05) is 41.5 Å². The van der Waals surface area contributed by atoms with Crippen molar-refractivity contribution >= 4 is 29.6 Å². The van der Waals surface area contributed by atoms with Gasteiger partial charge in [0.15, 0.2) is 0 Å². The summed E-state index contributed by atoms with van der Waals surface area (Å²) in [6.45, 7) is 10.4. The number of nitrogens with one attached hydrogen (secondary N) is 2. The van der Waals surface area contributed by atoms with Crippen LogP contribution in [0.1, 0.15) is 81.7 Å². The van der Waals surface area contributed by atoms with Crippen molar-refractivity contribution in [3.63, 3.8) is 0 Å². The quantitative estimate of drug-likeness (QED) is 0.108. The molecule has 0 saturated heterocycles. The first-order valence-electron chi connectivity index (χ1n) is 14.0. The molecule has 1 aliphatic rings. The van der Waals surface area contributed by atoms with Gasteiger partial charge in [-0.2, -0.15) is 10.6 Å². The van der Waals surface area contributed by atoms with E-state index in [2.05, 4.69) is 48.5 Å². The van der Waals surface area contributed by atoms with E-state index in [1.807, 2.05) is 19.1 Å². The number of amides is 1. The molecule has 1 saturated carbocycles. The first kappa shape index (κ1) is 31.3. The molecule has 3 aromatic rings. The third-order valence-electron chi connectivity index (χ3n) is 6.47. The lowest BCUT2D eigenvalue weighted by atomic mass is 9.96. The summed E-state index contributed by atoms with van der Waals surface area (Å²) < 4.78 is 20.6. The highest BCUT2D eigenvalue weighted by atomic mass is 32.2. The number of hydrogen-bond donors (Lipinski definition) is 2. The Kier molecular flexibility index (Phi) is 13.2. The zero-order valence-electron chi connectivity index (χ0n) is 23.8. The Morgan fingerprint density at radius 3 is 2.38 bits per heavy atom. The average molecular weight is 565 g/mol. The van der Waals surface area contributed by atoms with Crippen molar-refractivity contribution in [3.05, 3.63) is 95.6 Å². The molecule has 6 nitrogen and oxygen atoms in total. The predicted octanol–water partition coefficient (Wildman–Crippen LogP) is 7.79. The fourth-order valence-electron chi connectivity index (χ4n) is 4.41. The number of hydroxylamine groups is 1. The number of hydrogen-bond acceptors (Lipinski definition) is 5. The lowest BCUT2D eigenvalue weighted by Gasteiger charge is -2.21. The number of benzene rings is 2. The number of halogens is 1. The molecule has 214 valence electrons. The number of allylic oxidation sites excluding steroid dienone is 1. The van der Waals surface area contributed by atoms with E-state index in [9.17, 15) is 9.18 Å². The highest BCUT2D eigenvalue weighted by Crippen LogP contribution is 2.24. The van der Waals surface area contributed by atoms with Gasteiger partial charge >= 0.3 is 0 Å². The maximum absolute atomic E-state index is 13.3. The first-order valence-corrected chi connectivity index (χ1v) is 14.9. The summed E-state index contributed by atoms with van der Waals surface area (Å²) in [5, 5.41) is 7.40. The van der Waals surface area contributed by atoms with E-state index in [4.69, 9.17) is 4.28 Å². The summed E-state index contributed by atoms with van der Waals surface area (Å²) in [4.78, 5) is 13.1. The van der Waals surface area contributed by atoms with E-state index in [0.29, 0.717) is 35.1 Å². The van der Waals surface area contributed by atoms with Crippen LogP contribution in [-0.4, -0.2) is 21.7 Å². The molecule has 4 rings (SSSR count). The van der Waals surface area contributed by atoms with Crippen LogP contribution >= 0.6 is 12.0 Å². The molecule has 1 fully saturated rings. The van der Waals surface area contributed by atoms with Gasteiger partial charge in [0.25, 0.3) is 5.91 Å². The minimum atomic E-state index is -0.323. The van der Waals surface area contributed by atoms with E-state index in [1.54, 1.807) is 35.2 Å². The van der Waals surface area contributed by atoms with Gasteiger partial charge in [-0.15, -0.1) is 0 Å². The Morgan fingerprint density at radius 2 is 1.75 bits per heavy atom. The molecule has 0 unspecified atom stereocenters. The van der Waals surface area contributed by atoms with Gasteiger partial charge in [-0.3, -0.25) is 4.79 Å². The van der Waals surface area contributed by atoms with Gasteiger partial charge < -0.3 is 5.32 Å². The largest absolute Gasteiger partial charge is 0.348 e. The molecule has 0 atom stereocenters. The van der Waals surface area contributed by atoms with Crippen LogP contribution in [0.5, 0.6) is 0 Å². The molecule has 1 aliphatic carbocycles. The minimum absolute atomic E-state index is 0.203. The molecule has 1 heterocycles. The number of aromatic nitrogens is 2. The SMILES string of the molecule is C=Cc1c(/C(=C\C)C(=O)NCc2ccc(CSONC3CCCCC3)cc2)cnn1-c1ccc(F)cc1.CCC. The average Bonchev–Trinajstić information content (AvgIpc) is 3.40. The molecule has 0 spiro atoms. The van der Waals surface area contributed by atoms with Gasteiger partial charge in [-0.1, -0.05) is 76.5 Å². The lowest BCUT2D eigenvalue weighted by molar-refractivity contribution is -0.115. The molecule has 1 amide bonds. The monoisotopic (exact) mass is 564 g/mol. The standard InChI is InChI=1S/C29H33FN4O2S.C3H8/c1-3-26(27-19-32-34(28(27)4-2)25-16-14-23(30)15-17-25)29(35)31-18-21-10-12-22(13-11-21)20-37-36-33-24-8-6-5-7-9-24;1-3-2/h3-4,10-17,19,24,33H,2,5-9,18,20H2,1H3,(H,31,35);3H2,1-2H3/b26-3+;.